The molecule has 1 aliphatic heterocycles. The summed E-state index contributed by atoms with van der Waals surface area (Å²) in [5, 5.41) is 1.19. The van der Waals surface area contributed by atoms with E-state index in [1.54, 1.807) is 6.26 Å². The Morgan fingerprint density at radius 2 is 2.15 bits per heavy atom. The summed E-state index contributed by atoms with van der Waals surface area (Å²) in [6.07, 6.45) is 1.78. The first-order chi connectivity index (χ1) is 9.65. The molecule has 0 bridgehead atoms. The maximum absolute atomic E-state index is 5.68. The van der Waals surface area contributed by atoms with Crippen molar-refractivity contribution in [3.05, 3.63) is 30.5 Å². The van der Waals surface area contributed by atoms with Crippen LogP contribution in [0.5, 0.6) is 0 Å². The Bertz CT molecular complexity index is 581. The molecular formula is C16H21IN2O. The monoisotopic (exact) mass is 384 g/mol. The summed E-state index contributed by atoms with van der Waals surface area (Å²) in [4.78, 5) is 5.05. The van der Waals surface area contributed by atoms with Crippen molar-refractivity contribution in [2.24, 2.45) is 5.92 Å². The minimum absolute atomic E-state index is 0.496. The van der Waals surface area contributed by atoms with Crippen LogP contribution >= 0.6 is 22.6 Å². The zero-order valence-corrected chi connectivity index (χ0v) is 14.2. The van der Waals surface area contributed by atoms with Crippen LogP contribution in [-0.4, -0.2) is 35.1 Å². The van der Waals surface area contributed by atoms with Gasteiger partial charge in [0.2, 0.25) is 0 Å². The summed E-state index contributed by atoms with van der Waals surface area (Å²) in [6, 6.07) is 8.45. The van der Waals surface area contributed by atoms with E-state index in [0.717, 1.165) is 31.1 Å². The maximum Gasteiger partial charge on any atom is 0.157 e. The van der Waals surface area contributed by atoms with E-state index in [9.17, 15) is 0 Å². The fraction of sp³-hybridized carbons (Fsp3) is 0.500. The lowest BCUT2D eigenvalue weighted by Gasteiger charge is -2.40. The Balaban J connectivity index is 1.80. The third-order valence-corrected chi connectivity index (χ3v) is 4.86. The van der Waals surface area contributed by atoms with E-state index >= 15 is 0 Å². The molecule has 108 valence electrons. The number of rotatable bonds is 3. The smallest absolute Gasteiger partial charge is 0.157 e. The number of para-hydroxylation sites is 1. The van der Waals surface area contributed by atoms with Crippen molar-refractivity contribution in [1.82, 2.24) is 4.90 Å². The van der Waals surface area contributed by atoms with Crippen LogP contribution in [0, 0.1) is 5.92 Å². The van der Waals surface area contributed by atoms with E-state index in [0.29, 0.717) is 4.05 Å². The lowest BCUT2D eigenvalue weighted by Crippen LogP contribution is -2.51. The average molecular weight is 384 g/mol. The number of benzene rings is 1. The van der Waals surface area contributed by atoms with E-state index in [2.05, 4.69) is 64.4 Å². The van der Waals surface area contributed by atoms with Gasteiger partial charge in [0.25, 0.3) is 0 Å². The molecule has 20 heavy (non-hydrogen) atoms. The van der Waals surface area contributed by atoms with Crippen molar-refractivity contribution < 1.29 is 4.42 Å². The molecule has 0 saturated carbocycles. The molecule has 3 nitrogen and oxygen atoms in total. The lowest BCUT2D eigenvalue weighted by atomic mass is 10.1. The number of hydrogen-bond acceptors (Lipinski definition) is 3. The molecule has 0 radical (unpaired) electrons. The summed E-state index contributed by atoms with van der Waals surface area (Å²) in [7, 11) is 0. The molecule has 1 saturated heterocycles. The molecule has 1 unspecified atom stereocenters. The van der Waals surface area contributed by atoms with Gasteiger partial charge in [0, 0.05) is 31.6 Å². The molecule has 0 aliphatic carbocycles. The molecule has 0 N–H and O–H groups in total. The first kappa shape index (κ1) is 14.2. The van der Waals surface area contributed by atoms with Crippen LogP contribution in [0.4, 0.5) is 5.69 Å². The van der Waals surface area contributed by atoms with Gasteiger partial charge < -0.3 is 9.32 Å². The van der Waals surface area contributed by atoms with Crippen molar-refractivity contribution in [3.63, 3.8) is 0 Å². The number of nitrogens with zero attached hydrogens (tertiary/aromatic N) is 2. The molecule has 1 fully saturated rings. The Kier molecular flexibility index (Phi) is 4.21. The third-order valence-electron chi connectivity index (χ3n) is 3.80. The average Bonchev–Trinajstić information content (AvgIpc) is 2.86. The zero-order chi connectivity index (χ0) is 14.1. The van der Waals surface area contributed by atoms with E-state index in [1.807, 2.05) is 6.07 Å². The standard InChI is InChI=1S/C16H21IN2O/c1-12(2)10-18-7-8-19(15(17)11-18)14-5-3-4-13-6-9-20-16(13)14/h3-6,9,12,15H,7-8,10-11H2,1-2H3. The number of piperazine rings is 1. The number of furan rings is 1. The van der Waals surface area contributed by atoms with Crippen LogP contribution < -0.4 is 4.90 Å². The molecule has 3 rings (SSSR count). The van der Waals surface area contributed by atoms with Gasteiger partial charge in [-0.15, -0.1) is 0 Å². The highest BCUT2D eigenvalue weighted by molar-refractivity contribution is 14.1. The third kappa shape index (κ3) is 2.81. The van der Waals surface area contributed by atoms with E-state index in [-0.39, 0.29) is 0 Å². The van der Waals surface area contributed by atoms with Gasteiger partial charge in [0.05, 0.1) is 16.0 Å². The SMILES string of the molecule is CC(C)CN1CCN(c2cccc3ccoc23)C(I)C1. The topological polar surface area (TPSA) is 19.6 Å². The van der Waals surface area contributed by atoms with Gasteiger partial charge in [-0.3, -0.25) is 4.90 Å². The summed E-state index contributed by atoms with van der Waals surface area (Å²) in [6.45, 7) is 9.10. The van der Waals surface area contributed by atoms with Crippen molar-refractivity contribution in [2.45, 2.75) is 17.9 Å². The lowest BCUT2D eigenvalue weighted by molar-refractivity contribution is 0.227. The van der Waals surface area contributed by atoms with Gasteiger partial charge in [-0.25, -0.2) is 0 Å². The molecule has 0 amide bonds. The second-order valence-corrected chi connectivity index (χ2v) is 7.34. The summed E-state index contributed by atoms with van der Waals surface area (Å²) in [5.74, 6) is 0.735. The van der Waals surface area contributed by atoms with E-state index in [1.165, 1.54) is 17.6 Å². The van der Waals surface area contributed by atoms with Gasteiger partial charge >= 0.3 is 0 Å². The van der Waals surface area contributed by atoms with Gasteiger partial charge in [-0.2, -0.15) is 0 Å². The Hall–Kier alpha value is -0.750. The molecule has 2 aromatic rings. The van der Waals surface area contributed by atoms with Crippen LogP contribution in [0.25, 0.3) is 11.0 Å². The van der Waals surface area contributed by atoms with Crippen LogP contribution in [-0.2, 0) is 0 Å². The molecule has 2 heterocycles. The Labute approximate surface area is 134 Å². The maximum atomic E-state index is 5.68. The highest BCUT2D eigenvalue weighted by Gasteiger charge is 2.26. The van der Waals surface area contributed by atoms with Gasteiger partial charge in [0.15, 0.2) is 5.58 Å². The van der Waals surface area contributed by atoms with Gasteiger partial charge in [-0.05, 0) is 18.1 Å². The minimum atomic E-state index is 0.496. The molecular weight excluding hydrogens is 363 g/mol. The number of halogens is 1. The fourth-order valence-corrected chi connectivity index (χ4v) is 4.08. The Morgan fingerprint density at radius 3 is 2.90 bits per heavy atom. The van der Waals surface area contributed by atoms with Crippen LogP contribution in [0.3, 0.4) is 0 Å². The predicted molar refractivity (Wildman–Crippen MR) is 92.6 cm³/mol. The Morgan fingerprint density at radius 1 is 1.30 bits per heavy atom. The quantitative estimate of drug-likeness (QED) is 0.454. The minimum Gasteiger partial charge on any atom is -0.462 e. The van der Waals surface area contributed by atoms with Crippen molar-refractivity contribution >= 4 is 39.2 Å². The fourth-order valence-electron chi connectivity index (χ4n) is 2.95. The summed E-state index contributed by atoms with van der Waals surface area (Å²) >= 11 is 2.56. The molecule has 1 aromatic carbocycles. The van der Waals surface area contributed by atoms with Crippen molar-refractivity contribution in [1.29, 1.82) is 0 Å². The summed E-state index contributed by atoms with van der Waals surface area (Å²) in [5.41, 5.74) is 2.25. The number of fused-ring (bicyclic) bond motifs is 1. The molecule has 1 aliphatic rings. The van der Waals surface area contributed by atoms with Gasteiger partial charge in [-0.1, -0.05) is 48.6 Å². The zero-order valence-electron chi connectivity index (χ0n) is 12.1. The molecule has 1 atom stereocenters. The predicted octanol–water partition coefficient (Wildman–Crippen LogP) is 3.97. The van der Waals surface area contributed by atoms with Crippen LogP contribution in [0.15, 0.2) is 34.9 Å². The number of alkyl halides is 1. The van der Waals surface area contributed by atoms with Gasteiger partial charge in [0.1, 0.15) is 0 Å². The first-order valence-electron chi connectivity index (χ1n) is 7.24. The van der Waals surface area contributed by atoms with E-state index in [4.69, 9.17) is 4.42 Å². The van der Waals surface area contributed by atoms with Crippen molar-refractivity contribution in [2.75, 3.05) is 31.1 Å². The normalized spacial score (nSPS) is 21.0. The number of hydrogen-bond donors (Lipinski definition) is 0. The number of anilines is 1. The largest absolute Gasteiger partial charge is 0.462 e. The van der Waals surface area contributed by atoms with Crippen LogP contribution in [0.2, 0.25) is 0 Å². The van der Waals surface area contributed by atoms with Crippen molar-refractivity contribution in [3.8, 4) is 0 Å². The summed E-state index contributed by atoms with van der Waals surface area (Å²) < 4.78 is 6.18. The first-order valence-corrected chi connectivity index (χ1v) is 8.49. The highest BCUT2D eigenvalue weighted by Crippen LogP contribution is 2.32. The molecule has 4 heteroatoms. The van der Waals surface area contributed by atoms with Crippen LogP contribution in [0.1, 0.15) is 13.8 Å². The molecule has 0 spiro atoms. The highest BCUT2D eigenvalue weighted by atomic mass is 127. The van der Waals surface area contributed by atoms with E-state index < -0.39 is 0 Å². The second-order valence-electron chi connectivity index (χ2n) is 5.90. The second kappa shape index (κ2) is 5.93. The molecule has 1 aromatic heterocycles.